The average molecular weight is 390 g/mol. The number of halogens is 1. The summed E-state index contributed by atoms with van der Waals surface area (Å²) in [6, 6.07) is 3.16. The Bertz CT molecular complexity index is 821. The SMILES string of the molecule is COc1nc(CNS(=O)(=O)c2ccc(Cl)s2)nc(N2CCCC2)n1. The molecule has 0 bridgehead atoms. The van der Waals surface area contributed by atoms with Crippen molar-refractivity contribution in [3.63, 3.8) is 0 Å². The first-order valence-electron chi connectivity index (χ1n) is 7.27. The number of methoxy groups -OCH3 is 1. The monoisotopic (exact) mass is 389 g/mol. The zero-order valence-electron chi connectivity index (χ0n) is 12.9. The minimum atomic E-state index is -3.66. The highest BCUT2D eigenvalue weighted by Gasteiger charge is 2.20. The molecule has 130 valence electrons. The van der Waals surface area contributed by atoms with Crippen LogP contribution in [0.1, 0.15) is 18.7 Å². The maximum Gasteiger partial charge on any atom is 0.321 e. The van der Waals surface area contributed by atoms with Crippen molar-refractivity contribution in [2.75, 3.05) is 25.1 Å². The maximum atomic E-state index is 12.2. The number of sulfonamides is 1. The molecule has 0 radical (unpaired) electrons. The van der Waals surface area contributed by atoms with Crippen molar-refractivity contribution in [2.45, 2.75) is 23.6 Å². The lowest BCUT2D eigenvalue weighted by Gasteiger charge is -2.16. The fourth-order valence-corrected chi connectivity index (χ4v) is 4.80. The Morgan fingerprint density at radius 1 is 1.29 bits per heavy atom. The van der Waals surface area contributed by atoms with Gasteiger partial charge in [0.05, 0.1) is 18.0 Å². The largest absolute Gasteiger partial charge is 0.467 e. The number of nitrogens with one attached hydrogen (secondary N) is 1. The van der Waals surface area contributed by atoms with Gasteiger partial charge in [-0.1, -0.05) is 11.6 Å². The van der Waals surface area contributed by atoms with Crippen LogP contribution in [0.4, 0.5) is 5.95 Å². The van der Waals surface area contributed by atoms with E-state index in [0.29, 0.717) is 16.1 Å². The molecule has 1 aliphatic rings. The van der Waals surface area contributed by atoms with E-state index in [-0.39, 0.29) is 16.8 Å². The first-order chi connectivity index (χ1) is 11.5. The predicted octanol–water partition coefficient (Wildman–Crippen LogP) is 1.67. The van der Waals surface area contributed by atoms with Crippen LogP contribution in [0.5, 0.6) is 6.01 Å². The summed E-state index contributed by atoms with van der Waals surface area (Å²) in [5.41, 5.74) is 0. The van der Waals surface area contributed by atoms with Crippen molar-refractivity contribution in [2.24, 2.45) is 0 Å². The Kier molecular flexibility index (Phi) is 5.18. The summed E-state index contributed by atoms with van der Waals surface area (Å²) in [7, 11) is -2.20. The first kappa shape index (κ1) is 17.3. The quantitative estimate of drug-likeness (QED) is 0.802. The summed E-state index contributed by atoms with van der Waals surface area (Å²) in [5.74, 6) is 0.808. The molecule has 2 aromatic rings. The third-order valence-corrected chi connectivity index (χ3v) is 6.58. The minimum absolute atomic E-state index is 0.0580. The Morgan fingerprint density at radius 3 is 2.67 bits per heavy atom. The summed E-state index contributed by atoms with van der Waals surface area (Å²) in [6.07, 6.45) is 2.16. The molecule has 1 aliphatic heterocycles. The molecule has 0 spiro atoms. The molecule has 3 heterocycles. The van der Waals surface area contributed by atoms with Gasteiger partial charge in [0.2, 0.25) is 5.95 Å². The summed E-state index contributed by atoms with van der Waals surface area (Å²) in [4.78, 5) is 14.7. The van der Waals surface area contributed by atoms with Gasteiger partial charge in [0, 0.05) is 13.1 Å². The number of hydrogen-bond donors (Lipinski definition) is 1. The van der Waals surface area contributed by atoms with Gasteiger partial charge >= 0.3 is 6.01 Å². The Hall–Kier alpha value is -1.49. The predicted molar refractivity (Wildman–Crippen MR) is 91.2 cm³/mol. The third-order valence-electron chi connectivity index (χ3n) is 3.45. The summed E-state index contributed by atoms with van der Waals surface area (Å²) >= 11 is 6.78. The number of thiophene rings is 1. The Morgan fingerprint density at radius 2 is 2.04 bits per heavy atom. The molecule has 0 atom stereocenters. The van der Waals surface area contributed by atoms with Crippen LogP contribution in [0.15, 0.2) is 16.3 Å². The standard InChI is InChI=1S/C13H16ClN5O3S2/c1-22-13-17-10(16-12(18-13)19-6-2-3-7-19)8-15-24(20,21)11-5-4-9(14)23-11/h4-5,15H,2-3,6-8H2,1H3. The van der Waals surface area contributed by atoms with Crippen LogP contribution in [0.3, 0.4) is 0 Å². The van der Waals surface area contributed by atoms with Gasteiger partial charge < -0.3 is 9.64 Å². The maximum absolute atomic E-state index is 12.2. The lowest BCUT2D eigenvalue weighted by Crippen LogP contribution is -2.26. The molecule has 0 aromatic carbocycles. The van der Waals surface area contributed by atoms with Crippen molar-refractivity contribution in [1.29, 1.82) is 0 Å². The van der Waals surface area contributed by atoms with E-state index in [4.69, 9.17) is 16.3 Å². The molecule has 24 heavy (non-hydrogen) atoms. The molecule has 1 fully saturated rings. The first-order valence-corrected chi connectivity index (χ1v) is 9.94. The normalized spacial score (nSPS) is 15.0. The zero-order chi connectivity index (χ0) is 17.2. The van der Waals surface area contributed by atoms with Crippen LogP contribution in [0.2, 0.25) is 4.34 Å². The molecular formula is C13H16ClN5O3S2. The van der Waals surface area contributed by atoms with Gasteiger partial charge in [-0.3, -0.25) is 0 Å². The average Bonchev–Trinajstić information content (AvgIpc) is 3.24. The second-order valence-corrected chi connectivity index (χ2v) is 8.82. The molecule has 0 aliphatic carbocycles. The van der Waals surface area contributed by atoms with Gasteiger partial charge in [0.25, 0.3) is 10.0 Å². The van der Waals surface area contributed by atoms with E-state index < -0.39 is 10.0 Å². The number of aromatic nitrogens is 3. The highest BCUT2D eigenvalue weighted by Crippen LogP contribution is 2.25. The van der Waals surface area contributed by atoms with E-state index in [1.807, 2.05) is 4.90 Å². The van der Waals surface area contributed by atoms with E-state index >= 15 is 0 Å². The van der Waals surface area contributed by atoms with Crippen LogP contribution in [-0.4, -0.2) is 43.6 Å². The molecule has 11 heteroatoms. The summed E-state index contributed by atoms with van der Waals surface area (Å²) < 4.78 is 32.6. The van der Waals surface area contributed by atoms with Crippen LogP contribution in [0, 0.1) is 0 Å². The molecule has 0 saturated carbocycles. The molecular weight excluding hydrogens is 374 g/mol. The molecule has 2 aromatic heterocycles. The van der Waals surface area contributed by atoms with E-state index in [9.17, 15) is 8.42 Å². The van der Waals surface area contributed by atoms with Crippen LogP contribution in [0.25, 0.3) is 0 Å². The molecule has 0 unspecified atom stereocenters. The van der Waals surface area contributed by atoms with Gasteiger partial charge in [-0.2, -0.15) is 15.0 Å². The topological polar surface area (TPSA) is 97.3 Å². The Balaban J connectivity index is 1.78. The van der Waals surface area contributed by atoms with E-state index in [1.165, 1.54) is 19.2 Å². The van der Waals surface area contributed by atoms with Crippen LogP contribution < -0.4 is 14.4 Å². The number of anilines is 1. The molecule has 8 nitrogen and oxygen atoms in total. The highest BCUT2D eigenvalue weighted by atomic mass is 35.5. The second-order valence-electron chi connectivity index (χ2n) is 5.12. The molecule has 3 rings (SSSR count). The lowest BCUT2D eigenvalue weighted by molar-refractivity contribution is 0.375. The van der Waals surface area contributed by atoms with Gasteiger partial charge in [-0.25, -0.2) is 13.1 Å². The van der Waals surface area contributed by atoms with Crippen molar-refractivity contribution < 1.29 is 13.2 Å². The van der Waals surface area contributed by atoms with E-state index in [1.54, 1.807) is 0 Å². The van der Waals surface area contributed by atoms with Gasteiger partial charge in [0.1, 0.15) is 4.21 Å². The number of nitrogens with zero attached hydrogens (tertiary/aromatic N) is 4. The minimum Gasteiger partial charge on any atom is -0.467 e. The summed E-state index contributed by atoms with van der Waals surface area (Å²) in [6.45, 7) is 1.68. The van der Waals surface area contributed by atoms with Crippen LogP contribution in [-0.2, 0) is 16.6 Å². The fourth-order valence-electron chi connectivity index (χ4n) is 2.29. The van der Waals surface area contributed by atoms with E-state index in [0.717, 1.165) is 37.3 Å². The third kappa shape index (κ3) is 3.94. The van der Waals surface area contributed by atoms with Gasteiger partial charge in [0.15, 0.2) is 5.82 Å². The van der Waals surface area contributed by atoms with Crippen molar-refractivity contribution in [1.82, 2.24) is 19.7 Å². The molecule has 0 amide bonds. The molecule has 1 saturated heterocycles. The van der Waals surface area contributed by atoms with Crippen molar-refractivity contribution in [3.8, 4) is 6.01 Å². The van der Waals surface area contributed by atoms with Crippen molar-refractivity contribution >= 4 is 38.9 Å². The number of rotatable bonds is 6. The highest BCUT2D eigenvalue weighted by molar-refractivity contribution is 7.91. The molecule has 1 N–H and O–H groups in total. The smallest absolute Gasteiger partial charge is 0.321 e. The summed E-state index contributed by atoms with van der Waals surface area (Å²) in [5, 5.41) is 0. The zero-order valence-corrected chi connectivity index (χ0v) is 15.3. The number of ether oxygens (including phenoxy) is 1. The van der Waals surface area contributed by atoms with Crippen LogP contribution >= 0.6 is 22.9 Å². The fraction of sp³-hybridized carbons (Fsp3) is 0.462. The van der Waals surface area contributed by atoms with Gasteiger partial charge in [-0.05, 0) is 25.0 Å². The lowest BCUT2D eigenvalue weighted by atomic mass is 10.4. The van der Waals surface area contributed by atoms with Crippen molar-refractivity contribution in [3.05, 3.63) is 22.3 Å². The van der Waals surface area contributed by atoms with Gasteiger partial charge in [-0.15, -0.1) is 11.3 Å². The van der Waals surface area contributed by atoms with E-state index in [2.05, 4.69) is 19.7 Å². The number of hydrogen-bond acceptors (Lipinski definition) is 8. The second kappa shape index (κ2) is 7.18. The Labute approximate surface area is 148 Å².